The van der Waals surface area contributed by atoms with E-state index in [-0.39, 0.29) is 6.04 Å². The molecule has 4 rings (SSSR count). The summed E-state index contributed by atoms with van der Waals surface area (Å²) in [7, 11) is 1.67. The molecule has 24 heavy (non-hydrogen) atoms. The normalized spacial score (nSPS) is 16.0. The van der Waals surface area contributed by atoms with Crippen LogP contribution in [0.5, 0.6) is 5.75 Å². The van der Waals surface area contributed by atoms with Gasteiger partial charge in [0.25, 0.3) is 0 Å². The number of pyridine rings is 1. The highest BCUT2D eigenvalue weighted by atomic mass is 16.5. The first kappa shape index (κ1) is 14.6. The fourth-order valence-electron chi connectivity index (χ4n) is 2.99. The average Bonchev–Trinajstić information content (AvgIpc) is 3.01. The van der Waals surface area contributed by atoms with Crippen LogP contribution in [-0.4, -0.2) is 34.1 Å². The summed E-state index contributed by atoms with van der Waals surface area (Å²) < 4.78 is 7.31. The Bertz CT molecular complexity index is 882. The van der Waals surface area contributed by atoms with Crippen LogP contribution in [0.3, 0.4) is 0 Å². The lowest BCUT2D eigenvalue weighted by Gasteiger charge is -2.14. The highest BCUT2D eigenvalue weighted by Crippen LogP contribution is 2.35. The molecule has 0 spiro atoms. The Balaban J connectivity index is 1.91. The lowest BCUT2D eigenvalue weighted by atomic mass is 9.99. The molecular weight excluding hydrogens is 300 g/mol. The first-order valence-corrected chi connectivity index (χ1v) is 7.95. The Morgan fingerprint density at radius 3 is 2.50 bits per heavy atom. The maximum absolute atomic E-state index is 5.26. The van der Waals surface area contributed by atoms with E-state index in [0.717, 1.165) is 40.4 Å². The zero-order chi connectivity index (χ0) is 16.5. The number of methoxy groups -OCH3 is 1. The number of aliphatic imine (C=N–C) groups is 1. The first-order chi connectivity index (χ1) is 11.8. The third-order valence-electron chi connectivity index (χ3n) is 4.21. The van der Waals surface area contributed by atoms with Crippen LogP contribution in [0.25, 0.3) is 22.4 Å². The van der Waals surface area contributed by atoms with Gasteiger partial charge in [0.1, 0.15) is 11.4 Å². The van der Waals surface area contributed by atoms with Crippen molar-refractivity contribution in [2.24, 2.45) is 4.99 Å². The Kier molecular flexibility index (Phi) is 3.61. The van der Waals surface area contributed by atoms with Gasteiger partial charge in [0.15, 0.2) is 0 Å². The van der Waals surface area contributed by atoms with Gasteiger partial charge < -0.3 is 4.74 Å². The maximum Gasteiger partial charge on any atom is 0.118 e. The molecule has 5 nitrogen and oxygen atoms in total. The highest BCUT2D eigenvalue weighted by molar-refractivity contribution is 5.95. The molecule has 3 aromatic rings. The standard InChI is InChI=1S/C19H18N4O/c1-13-12-23-17(11-21-13)18(14-7-9-20-10-8-14)19(22-23)15-3-5-16(24-2)6-4-15/h3-11,13H,12H2,1-2H3/t13-/m1/s1. The fourth-order valence-corrected chi connectivity index (χ4v) is 2.99. The second-order valence-electron chi connectivity index (χ2n) is 5.88. The average molecular weight is 318 g/mol. The van der Waals surface area contributed by atoms with E-state index < -0.39 is 0 Å². The van der Waals surface area contributed by atoms with Gasteiger partial charge >= 0.3 is 0 Å². The summed E-state index contributed by atoms with van der Waals surface area (Å²) in [5.41, 5.74) is 5.26. The minimum absolute atomic E-state index is 0.242. The highest BCUT2D eigenvalue weighted by Gasteiger charge is 2.22. The topological polar surface area (TPSA) is 52.3 Å². The van der Waals surface area contributed by atoms with Crippen LogP contribution in [0.4, 0.5) is 0 Å². The van der Waals surface area contributed by atoms with Gasteiger partial charge in [0.2, 0.25) is 0 Å². The van der Waals surface area contributed by atoms with Gasteiger partial charge in [0.05, 0.1) is 25.4 Å². The SMILES string of the molecule is COc1ccc(-c2nn3c(c2-c2ccncc2)C=N[C@H](C)C3)cc1. The Morgan fingerprint density at radius 2 is 1.79 bits per heavy atom. The molecule has 1 aliphatic heterocycles. The fraction of sp³-hybridized carbons (Fsp3) is 0.211. The summed E-state index contributed by atoms with van der Waals surface area (Å²) in [5, 5.41) is 4.87. The van der Waals surface area contributed by atoms with E-state index in [4.69, 9.17) is 9.84 Å². The lowest BCUT2D eigenvalue weighted by molar-refractivity contribution is 0.415. The van der Waals surface area contributed by atoms with Gasteiger partial charge in [-0.25, -0.2) is 0 Å². The van der Waals surface area contributed by atoms with Crippen molar-refractivity contribution in [3.8, 4) is 28.1 Å². The lowest BCUT2D eigenvalue weighted by Crippen LogP contribution is -2.19. The van der Waals surface area contributed by atoms with Crippen molar-refractivity contribution in [1.82, 2.24) is 14.8 Å². The van der Waals surface area contributed by atoms with Crippen LogP contribution >= 0.6 is 0 Å². The predicted octanol–water partition coefficient (Wildman–Crippen LogP) is 3.44. The molecule has 0 aliphatic carbocycles. The number of fused-ring (bicyclic) bond motifs is 1. The largest absolute Gasteiger partial charge is 0.497 e. The quantitative estimate of drug-likeness (QED) is 0.743. The van der Waals surface area contributed by atoms with Gasteiger partial charge in [-0.1, -0.05) is 0 Å². The zero-order valence-corrected chi connectivity index (χ0v) is 13.7. The summed E-state index contributed by atoms with van der Waals surface area (Å²) in [6, 6.07) is 12.3. The van der Waals surface area contributed by atoms with Crippen LogP contribution in [-0.2, 0) is 6.54 Å². The second-order valence-corrected chi connectivity index (χ2v) is 5.88. The van der Waals surface area contributed by atoms with E-state index in [0.29, 0.717) is 0 Å². The van der Waals surface area contributed by atoms with Crippen molar-refractivity contribution in [2.75, 3.05) is 7.11 Å². The minimum Gasteiger partial charge on any atom is -0.497 e. The molecule has 0 saturated heterocycles. The zero-order valence-electron chi connectivity index (χ0n) is 13.7. The number of aromatic nitrogens is 3. The molecule has 0 amide bonds. The van der Waals surface area contributed by atoms with Crippen LogP contribution in [0.1, 0.15) is 12.6 Å². The summed E-state index contributed by atoms with van der Waals surface area (Å²) in [4.78, 5) is 8.70. The van der Waals surface area contributed by atoms with Crippen LogP contribution in [0.15, 0.2) is 53.8 Å². The molecule has 3 heterocycles. The molecule has 0 radical (unpaired) electrons. The van der Waals surface area contributed by atoms with Crippen molar-refractivity contribution in [2.45, 2.75) is 19.5 Å². The summed E-state index contributed by atoms with van der Waals surface area (Å²) >= 11 is 0. The van der Waals surface area contributed by atoms with E-state index in [2.05, 4.69) is 16.9 Å². The molecule has 0 fully saturated rings. The van der Waals surface area contributed by atoms with E-state index in [1.54, 1.807) is 19.5 Å². The maximum atomic E-state index is 5.26. The molecule has 2 aromatic heterocycles. The monoisotopic (exact) mass is 318 g/mol. The Hall–Kier alpha value is -2.95. The van der Waals surface area contributed by atoms with Crippen LogP contribution in [0.2, 0.25) is 0 Å². The van der Waals surface area contributed by atoms with E-state index >= 15 is 0 Å². The van der Waals surface area contributed by atoms with E-state index in [9.17, 15) is 0 Å². The molecule has 1 aromatic carbocycles. The molecular formula is C19H18N4O. The number of hydrogen-bond donors (Lipinski definition) is 0. The predicted molar refractivity (Wildman–Crippen MR) is 94.5 cm³/mol. The Morgan fingerprint density at radius 1 is 1.04 bits per heavy atom. The number of ether oxygens (including phenoxy) is 1. The van der Waals surface area contributed by atoms with Crippen molar-refractivity contribution < 1.29 is 4.74 Å². The number of nitrogens with zero attached hydrogens (tertiary/aromatic N) is 4. The number of hydrogen-bond acceptors (Lipinski definition) is 4. The Labute approximate surface area is 140 Å². The van der Waals surface area contributed by atoms with E-state index in [1.807, 2.05) is 47.3 Å². The van der Waals surface area contributed by atoms with E-state index in [1.165, 1.54) is 0 Å². The van der Waals surface area contributed by atoms with Gasteiger partial charge in [-0.2, -0.15) is 5.10 Å². The molecule has 0 unspecified atom stereocenters. The first-order valence-electron chi connectivity index (χ1n) is 7.95. The molecule has 1 atom stereocenters. The number of benzene rings is 1. The molecule has 0 saturated carbocycles. The van der Waals surface area contributed by atoms with Crippen LogP contribution in [0, 0.1) is 0 Å². The molecule has 5 heteroatoms. The van der Waals surface area contributed by atoms with Crippen molar-refractivity contribution in [3.05, 3.63) is 54.5 Å². The second kappa shape index (κ2) is 5.92. The molecule has 0 N–H and O–H groups in total. The third kappa shape index (κ3) is 2.48. The minimum atomic E-state index is 0.242. The van der Waals surface area contributed by atoms with Crippen LogP contribution < -0.4 is 4.74 Å². The van der Waals surface area contributed by atoms with Crippen molar-refractivity contribution in [3.63, 3.8) is 0 Å². The molecule has 1 aliphatic rings. The third-order valence-corrected chi connectivity index (χ3v) is 4.21. The van der Waals surface area contributed by atoms with Crippen molar-refractivity contribution >= 4 is 6.21 Å². The molecule has 0 bridgehead atoms. The van der Waals surface area contributed by atoms with Gasteiger partial charge in [-0.15, -0.1) is 0 Å². The van der Waals surface area contributed by atoms with Crippen molar-refractivity contribution in [1.29, 1.82) is 0 Å². The summed E-state index contributed by atoms with van der Waals surface area (Å²) in [5.74, 6) is 0.836. The summed E-state index contributed by atoms with van der Waals surface area (Å²) in [6.45, 7) is 2.89. The van der Waals surface area contributed by atoms with Gasteiger partial charge in [-0.05, 0) is 48.9 Å². The number of rotatable bonds is 3. The van der Waals surface area contributed by atoms with Gasteiger partial charge in [0, 0.05) is 29.7 Å². The van der Waals surface area contributed by atoms with Gasteiger partial charge in [-0.3, -0.25) is 14.7 Å². The molecule has 120 valence electrons. The smallest absolute Gasteiger partial charge is 0.118 e. The summed E-state index contributed by atoms with van der Waals surface area (Å²) in [6.07, 6.45) is 5.55.